The van der Waals surface area contributed by atoms with Crippen LogP contribution in [0.2, 0.25) is 6.04 Å². The van der Waals surface area contributed by atoms with Gasteiger partial charge in [0, 0.05) is 32.4 Å². The van der Waals surface area contributed by atoms with Crippen LogP contribution in [0.25, 0.3) is 0 Å². The minimum absolute atomic E-state index is 0.0125. The fraction of sp³-hybridized carbons (Fsp3) is 0.923. The fourth-order valence-electron chi connectivity index (χ4n) is 1.74. The minimum atomic E-state index is -2.64. The topological polar surface area (TPSA) is 86.3 Å². The monoisotopic (exact) mass is 323 g/mol. The van der Waals surface area contributed by atoms with Crippen molar-refractivity contribution in [3.05, 3.63) is 0 Å². The third-order valence-electron chi connectivity index (χ3n) is 2.48. The first-order valence-corrected chi connectivity index (χ1v) is 9.43. The van der Waals surface area contributed by atoms with Crippen molar-refractivity contribution in [1.82, 2.24) is 5.32 Å². The molecule has 2 N–H and O–H groups in total. The van der Waals surface area contributed by atoms with Gasteiger partial charge in [-0.3, -0.25) is 0 Å². The van der Waals surface area contributed by atoms with Crippen molar-refractivity contribution in [2.24, 2.45) is 0 Å². The summed E-state index contributed by atoms with van der Waals surface area (Å²) in [4.78, 5) is 11.3. The zero-order valence-electron chi connectivity index (χ0n) is 13.5. The van der Waals surface area contributed by atoms with Crippen LogP contribution < -0.4 is 5.32 Å². The highest BCUT2D eigenvalue weighted by Gasteiger charge is 2.39. The Morgan fingerprint density at radius 1 is 1.14 bits per heavy atom. The van der Waals surface area contributed by atoms with E-state index in [1.807, 2.05) is 20.8 Å². The Morgan fingerprint density at radius 3 is 2.10 bits per heavy atom. The number of carbonyl (C=O) groups excluding carboxylic acids is 1. The predicted molar refractivity (Wildman–Crippen MR) is 81.1 cm³/mol. The number of aliphatic hydroxyl groups excluding tert-OH is 1. The zero-order valence-corrected chi connectivity index (χ0v) is 14.5. The lowest BCUT2D eigenvalue weighted by Crippen LogP contribution is -2.46. The van der Waals surface area contributed by atoms with E-state index in [0.29, 0.717) is 38.8 Å². The molecular formula is C13H29NO6Si. The van der Waals surface area contributed by atoms with E-state index in [2.05, 4.69) is 5.32 Å². The second kappa shape index (κ2) is 11.9. The van der Waals surface area contributed by atoms with Gasteiger partial charge in [0.1, 0.15) is 6.61 Å². The lowest BCUT2D eigenvalue weighted by atomic mass is 10.4. The Hall–Kier alpha value is -0.673. The molecule has 0 radical (unpaired) electrons. The Labute approximate surface area is 128 Å². The number of ether oxygens (including phenoxy) is 1. The molecule has 126 valence electrons. The average molecular weight is 323 g/mol. The molecule has 21 heavy (non-hydrogen) atoms. The highest BCUT2D eigenvalue weighted by molar-refractivity contribution is 6.60. The standard InChI is InChI=1S/C13H29NO6Si/c1-5-18-21(19-6-2,20-7-3)10-8-9-14-13(16)17-11-12(4)15/h12,15H,5-11H2,1-4H3,(H,14,16)/t12-/m1/s1. The third kappa shape index (κ3) is 9.80. The van der Waals surface area contributed by atoms with E-state index < -0.39 is 21.0 Å². The molecule has 7 nitrogen and oxygen atoms in total. The lowest BCUT2D eigenvalue weighted by Gasteiger charge is -2.28. The maximum absolute atomic E-state index is 11.3. The molecule has 0 aromatic rings. The van der Waals surface area contributed by atoms with Crippen molar-refractivity contribution in [3.63, 3.8) is 0 Å². The number of hydrogen-bond acceptors (Lipinski definition) is 6. The van der Waals surface area contributed by atoms with E-state index in [4.69, 9.17) is 23.1 Å². The maximum Gasteiger partial charge on any atom is 0.500 e. The summed E-state index contributed by atoms with van der Waals surface area (Å²) in [6.07, 6.45) is -0.521. The van der Waals surface area contributed by atoms with Crippen LogP contribution in [0.3, 0.4) is 0 Å². The summed E-state index contributed by atoms with van der Waals surface area (Å²) in [5.74, 6) is 0. The van der Waals surface area contributed by atoms with E-state index in [9.17, 15) is 4.79 Å². The summed E-state index contributed by atoms with van der Waals surface area (Å²) in [5, 5.41) is 11.6. The van der Waals surface area contributed by atoms with Crippen molar-refractivity contribution in [3.8, 4) is 0 Å². The first-order chi connectivity index (χ1) is 9.99. The Balaban J connectivity index is 4.09. The van der Waals surface area contributed by atoms with Gasteiger partial charge in [0.2, 0.25) is 0 Å². The number of hydrogen-bond donors (Lipinski definition) is 2. The molecule has 1 amide bonds. The van der Waals surface area contributed by atoms with E-state index in [1.165, 1.54) is 0 Å². The molecule has 0 bridgehead atoms. The number of carbonyl (C=O) groups is 1. The zero-order chi connectivity index (χ0) is 16.1. The van der Waals surface area contributed by atoms with Gasteiger partial charge in [-0.2, -0.15) is 0 Å². The summed E-state index contributed by atoms with van der Waals surface area (Å²) in [5.41, 5.74) is 0. The molecule has 1 atom stereocenters. The van der Waals surface area contributed by atoms with Gasteiger partial charge in [-0.05, 0) is 34.1 Å². The number of nitrogens with one attached hydrogen (secondary N) is 1. The highest BCUT2D eigenvalue weighted by atomic mass is 28.4. The SMILES string of the molecule is CCO[Si](CCCNC(=O)OC[C@@H](C)O)(OCC)OCC. The van der Waals surface area contributed by atoms with E-state index >= 15 is 0 Å². The van der Waals surface area contributed by atoms with Crippen LogP contribution >= 0.6 is 0 Å². The van der Waals surface area contributed by atoms with Crippen molar-refractivity contribution in [2.75, 3.05) is 33.0 Å². The van der Waals surface area contributed by atoms with Crippen LogP contribution in [-0.2, 0) is 18.0 Å². The smallest absolute Gasteiger partial charge is 0.447 e. The first kappa shape index (κ1) is 20.3. The van der Waals surface area contributed by atoms with Gasteiger partial charge in [-0.25, -0.2) is 4.79 Å². The largest absolute Gasteiger partial charge is 0.500 e. The summed E-state index contributed by atoms with van der Waals surface area (Å²) >= 11 is 0. The fourth-order valence-corrected chi connectivity index (χ4v) is 4.36. The summed E-state index contributed by atoms with van der Waals surface area (Å²) in [6, 6.07) is 0.638. The Kier molecular flexibility index (Phi) is 11.5. The van der Waals surface area contributed by atoms with Gasteiger partial charge >= 0.3 is 14.9 Å². The second-order valence-electron chi connectivity index (χ2n) is 4.46. The molecule has 0 saturated carbocycles. The van der Waals surface area contributed by atoms with Crippen LogP contribution in [-0.4, -0.2) is 59.1 Å². The van der Waals surface area contributed by atoms with E-state index in [-0.39, 0.29) is 6.61 Å². The molecule has 0 aliphatic rings. The molecule has 0 heterocycles. The average Bonchev–Trinajstić information content (AvgIpc) is 2.42. The van der Waals surface area contributed by atoms with Crippen LogP contribution in [0.4, 0.5) is 4.79 Å². The number of amides is 1. The summed E-state index contributed by atoms with van der Waals surface area (Å²) in [6.45, 7) is 9.33. The van der Waals surface area contributed by atoms with Crippen LogP contribution in [0.1, 0.15) is 34.1 Å². The molecule has 0 saturated heterocycles. The van der Waals surface area contributed by atoms with Gasteiger partial charge < -0.3 is 28.4 Å². The molecule has 0 aliphatic heterocycles. The maximum atomic E-state index is 11.3. The molecule has 0 aromatic carbocycles. The molecule has 0 spiro atoms. The van der Waals surface area contributed by atoms with Crippen molar-refractivity contribution >= 4 is 14.9 Å². The number of rotatable bonds is 12. The molecule has 0 aromatic heterocycles. The molecule has 0 unspecified atom stereocenters. The van der Waals surface area contributed by atoms with Crippen molar-refractivity contribution in [2.45, 2.75) is 46.3 Å². The first-order valence-electron chi connectivity index (χ1n) is 7.50. The molecule has 0 aliphatic carbocycles. The second-order valence-corrected chi connectivity index (χ2v) is 7.19. The van der Waals surface area contributed by atoms with Gasteiger partial charge in [0.05, 0.1) is 6.10 Å². The van der Waals surface area contributed by atoms with Gasteiger partial charge in [0.25, 0.3) is 0 Å². The number of aliphatic hydroxyl groups is 1. The van der Waals surface area contributed by atoms with Crippen molar-refractivity contribution in [1.29, 1.82) is 0 Å². The lowest BCUT2D eigenvalue weighted by molar-refractivity contribution is 0.0698. The van der Waals surface area contributed by atoms with Crippen LogP contribution in [0.5, 0.6) is 0 Å². The quantitative estimate of drug-likeness (QED) is 0.418. The van der Waals surface area contributed by atoms with E-state index in [1.54, 1.807) is 6.92 Å². The summed E-state index contributed by atoms with van der Waals surface area (Å²) < 4.78 is 21.9. The molecule has 8 heteroatoms. The predicted octanol–water partition coefficient (Wildman–Crippen LogP) is 1.53. The number of alkyl carbamates (subject to hydrolysis) is 1. The Morgan fingerprint density at radius 2 is 1.67 bits per heavy atom. The summed E-state index contributed by atoms with van der Waals surface area (Å²) in [7, 11) is -2.64. The van der Waals surface area contributed by atoms with Gasteiger partial charge in [0.15, 0.2) is 0 Å². The molecule has 0 fully saturated rings. The normalized spacial score (nSPS) is 13.0. The van der Waals surface area contributed by atoms with Gasteiger partial charge in [-0.15, -0.1) is 0 Å². The van der Waals surface area contributed by atoms with Crippen molar-refractivity contribution < 1.29 is 27.9 Å². The van der Waals surface area contributed by atoms with E-state index in [0.717, 1.165) is 0 Å². The van der Waals surface area contributed by atoms with Gasteiger partial charge in [-0.1, -0.05) is 0 Å². The van der Waals surface area contributed by atoms with Crippen LogP contribution in [0.15, 0.2) is 0 Å². The molecular weight excluding hydrogens is 294 g/mol. The highest BCUT2D eigenvalue weighted by Crippen LogP contribution is 2.17. The minimum Gasteiger partial charge on any atom is -0.447 e. The Bertz CT molecular complexity index is 260. The third-order valence-corrected chi connectivity index (χ3v) is 5.63. The molecule has 0 rings (SSSR count). The van der Waals surface area contributed by atoms with Crippen LogP contribution in [0, 0.1) is 0 Å².